The molecule has 0 atom stereocenters. The van der Waals surface area contributed by atoms with Gasteiger partial charge in [-0.25, -0.2) is 9.97 Å². The van der Waals surface area contributed by atoms with Gasteiger partial charge in [0.25, 0.3) is 0 Å². The molecule has 20 heavy (non-hydrogen) atoms. The maximum atomic E-state index is 6.11. The summed E-state index contributed by atoms with van der Waals surface area (Å²) in [4.78, 5) is 10.7. The Labute approximate surface area is 123 Å². The first-order chi connectivity index (χ1) is 9.83. The molecule has 5 heteroatoms. The van der Waals surface area contributed by atoms with E-state index < -0.39 is 0 Å². The Morgan fingerprint density at radius 3 is 2.90 bits per heavy atom. The van der Waals surface area contributed by atoms with Crippen molar-refractivity contribution in [1.29, 1.82) is 0 Å². The second-order valence-electron chi connectivity index (χ2n) is 5.07. The highest BCUT2D eigenvalue weighted by molar-refractivity contribution is 6.34. The maximum Gasteiger partial charge on any atom is 0.140 e. The number of fused-ring (bicyclic) bond motifs is 1. The van der Waals surface area contributed by atoms with Crippen LogP contribution in [0.15, 0.2) is 24.5 Å². The maximum absolute atomic E-state index is 6.11. The monoisotopic (exact) mass is 291 g/mol. The van der Waals surface area contributed by atoms with Crippen molar-refractivity contribution in [3.05, 3.63) is 35.2 Å². The van der Waals surface area contributed by atoms with Gasteiger partial charge >= 0.3 is 0 Å². The first kappa shape index (κ1) is 13.7. The van der Waals surface area contributed by atoms with Gasteiger partial charge in [-0.3, -0.25) is 4.90 Å². The molecule has 4 nitrogen and oxygen atoms in total. The zero-order chi connectivity index (χ0) is 13.8. The van der Waals surface area contributed by atoms with E-state index in [1.54, 1.807) is 0 Å². The Balaban J connectivity index is 1.61. The van der Waals surface area contributed by atoms with Crippen molar-refractivity contribution >= 4 is 22.5 Å². The highest BCUT2D eigenvalue weighted by Crippen LogP contribution is 2.21. The van der Waals surface area contributed by atoms with Gasteiger partial charge in [0.2, 0.25) is 0 Å². The van der Waals surface area contributed by atoms with Gasteiger partial charge in [-0.05, 0) is 37.1 Å². The topological polar surface area (TPSA) is 38.2 Å². The summed E-state index contributed by atoms with van der Waals surface area (Å²) >= 11 is 6.11. The number of hydrogen-bond donors (Lipinski definition) is 0. The Hall–Kier alpha value is -1.23. The van der Waals surface area contributed by atoms with Crippen molar-refractivity contribution in [3.8, 4) is 0 Å². The summed E-state index contributed by atoms with van der Waals surface area (Å²) in [5.74, 6) is 0. The molecule has 1 aliphatic rings. The van der Waals surface area contributed by atoms with Gasteiger partial charge in [-0.2, -0.15) is 0 Å². The van der Waals surface area contributed by atoms with Gasteiger partial charge in [0.05, 0.1) is 18.7 Å². The largest absolute Gasteiger partial charge is 0.379 e. The Kier molecular flexibility index (Phi) is 4.45. The van der Waals surface area contributed by atoms with Gasteiger partial charge in [-0.1, -0.05) is 17.7 Å². The smallest absolute Gasteiger partial charge is 0.140 e. The number of rotatable bonds is 4. The Morgan fingerprint density at radius 2 is 2.05 bits per heavy atom. The number of halogens is 1. The second-order valence-corrected chi connectivity index (χ2v) is 5.43. The summed E-state index contributed by atoms with van der Waals surface area (Å²) in [5, 5.41) is 1.48. The third-order valence-electron chi connectivity index (χ3n) is 3.69. The molecule has 1 aromatic carbocycles. The molecular weight excluding hydrogens is 274 g/mol. The van der Waals surface area contributed by atoms with Crippen LogP contribution in [0.5, 0.6) is 0 Å². The van der Waals surface area contributed by atoms with Crippen molar-refractivity contribution in [2.45, 2.75) is 12.8 Å². The molecule has 1 fully saturated rings. The fourth-order valence-corrected chi connectivity index (χ4v) is 2.75. The van der Waals surface area contributed by atoms with Crippen LogP contribution in [0, 0.1) is 0 Å². The standard InChI is InChI=1S/C15H18ClN3O/c16-15-13-10-12(3-4-14(13)17-11-18-15)2-1-5-19-6-8-20-9-7-19/h3-4,10-11H,1-2,5-9H2. The summed E-state index contributed by atoms with van der Waals surface area (Å²) in [6.45, 7) is 4.96. The van der Waals surface area contributed by atoms with Crippen molar-refractivity contribution in [2.24, 2.45) is 0 Å². The predicted octanol–water partition coefficient (Wildman–Crippen LogP) is 2.55. The molecule has 0 unspecified atom stereocenters. The van der Waals surface area contributed by atoms with E-state index >= 15 is 0 Å². The average molecular weight is 292 g/mol. The van der Waals surface area contributed by atoms with Crippen molar-refractivity contribution in [1.82, 2.24) is 14.9 Å². The van der Waals surface area contributed by atoms with Gasteiger partial charge < -0.3 is 4.74 Å². The molecule has 2 heterocycles. The number of ether oxygens (including phenoxy) is 1. The molecule has 106 valence electrons. The minimum Gasteiger partial charge on any atom is -0.379 e. The van der Waals surface area contributed by atoms with Gasteiger partial charge in [0.15, 0.2) is 0 Å². The molecule has 0 radical (unpaired) electrons. The van der Waals surface area contributed by atoms with Crippen molar-refractivity contribution in [2.75, 3.05) is 32.8 Å². The molecule has 0 aliphatic carbocycles. The van der Waals surface area contributed by atoms with Crippen LogP contribution in [-0.2, 0) is 11.2 Å². The van der Waals surface area contributed by atoms with Crippen LogP contribution < -0.4 is 0 Å². The van der Waals surface area contributed by atoms with E-state index in [0.29, 0.717) is 5.15 Å². The molecule has 0 saturated carbocycles. The SMILES string of the molecule is Clc1ncnc2ccc(CCCN3CCOCC3)cc12. The van der Waals surface area contributed by atoms with Gasteiger partial charge in [0, 0.05) is 18.5 Å². The molecule has 1 saturated heterocycles. The number of morpholine rings is 1. The van der Waals surface area contributed by atoms with Crippen LogP contribution in [0.1, 0.15) is 12.0 Å². The lowest BCUT2D eigenvalue weighted by molar-refractivity contribution is 0.0375. The zero-order valence-electron chi connectivity index (χ0n) is 11.4. The third-order valence-corrected chi connectivity index (χ3v) is 4.00. The first-order valence-electron chi connectivity index (χ1n) is 7.02. The summed E-state index contributed by atoms with van der Waals surface area (Å²) in [6.07, 6.45) is 3.71. The van der Waals surface area contributed by atoms with Gasteiger partial charge in [0.1, 0.15) is 11.5 Å². The van der Waals surface area contributed by atoms with E-state index in [1.165, 1.54) is 11.9 Å². The summed E-state index contributed by atoms with van der Waals surface area (Å²) in [5.41, 5.74) is 2.20. The molecule has 1 aliphatic heterocycles. The second kappa shape index (κ2) is 6.48. The van der Waals surface area contributed by atoms with E-state index in [1.807, 2.05) is 6.07 Å². The number of hydrogen-bond acceptors (Lipinski definition) is 4. The Bertz CT molecular complexity index is 584. The van der Waals surface area contributed by atoms with E-state index in [9.17, 15) is 0 Å². The zero-order valence-corrected chi connectivity index (χ0v) is 12.1. The van der Waals surface area contributed by atoms with E-state index in [4.69, 9.17) is 16.3 Å². The molecule has 0 bridgehead atoms. The minimum atomic E-state index is 0.532. The van der Waals surface area contributed by atoms with Crippen LogP contribution in [0.2, 0.25) is 5.15 Å². The van der Waals surface area contributed by atoms with Crippen LogP contribution in [0.25, 0.3) is 10.9 Å². The molecule has 3 rings (SSSR count). The molecule has 2 aromatic rings. The summed E-state index contributed by atoms with van der Waals surface area (Å²) in [6, 6.07) is 6.26. The van der Waals surface area contributed by atoms with E-state index in [-0.39, 0.29) is 0 Å². The van der Waals surface area contributed by atoms with Crippen LogP contribution >= 0.6 is 11.6 Å². The molecule has 0 amide bonds. The molecule has 0 spiro atoms. The van der Waals surface area contributed by atoms with Crippen LogP contribution in [0.4, 0.5) is 0 Å². The third kappa shape index (κ3) is 3.26. The fourth-order valence-electron chi connectivity index (χ4n) is 2.56. The van der Waals surface area contributed by atoms with Crippen molar-refractivity contribution < 1.29 is 4.74 Å². The number of aromatic nitrogens is 2. The first-order valence-corrected chi connectivity index (χ1v) is 7.40. The van der Waals surface area contributed by atoms with Gasteiger partial charge in [-0.15, -0.1) is 0 Å². The van der Waals surface area contributed by atoms with E-state index in [2.05, 4.69) is 27.0 Å². The number of nitrogens with zero attached hydrogens (tertiary/aromatic N) is 3. The van der Waals surface area contributed by atoms with E-state index in [0.717, 1.165) is 56.6 Å². The quantitative estimate of drug-likeness (QED) is 0.812. The lowest BCUT2D eigenvalue weighted by Gasteiger charge is -2.26. The van der Waals surface area contributed by atoms with Crippen LogP contribution in [0.3, 0.4) is 0 Å². The summed E-state index contributed by atoms with van der Waals surface area (Å²) < 4.78 is 5.36. The molecule has 1 aromatic heterocycles. The summed E-state index contributed by atoms with van der Waals surface area (Å²) in [7, 11) is 0. The number of benzene rings is 1. The predicted molar refractivity (Wildman–Crippen MR) is 80.1 cm³/mol. The number of aryl methyl sites for hydroxylation is 1. The lowest BCUT2D eigenvalue weighted by atomic mass is 10.1. The fraction of sp³-hybridized carbons (Fsp3) is 0.467. The molecular formula is C15H18ClN3O. The Morgan fingerprint density at radius 1 is 1.20 bits per heavy atom. The normalized spacial score (nSPS) is 16.6. The average Bonchev–Trinajstić information content (AvgIpc) is 2.49. The highest BCUT2D eigenvalue weighted by Gasteiger charge is 2.09. The molecule has 0 N–H and O–H groups in total. The van der Waals surface area contributed by atoms with Crippen LogP contribution in [-0.4, -0.2) is 47.7 Å². The lowest BCUT2D eigenvalue weighted by Crippen LogP contribution is -2.36. The van der Waals surface area contributed by atoms with Crippen molar-refractivity contribution in [3.63, 3.8) is 0 Å². The minimum absolute atomic E-state index is 0.532. The highest BCUT2D eigenvalue weighted by atomic mass is 35.5.